The fourth-order valence-corrected chi connectivity index (χ4v) is 2.50. The lowest BCUT2D eigenvalue weighted by Gasteiger charge is -2.13. The van der Waals surface area contributed by atoms with E-state index in [1.165, 1.54) is 6.07 Å². The first-order valence-corrected chi connectivity index (χ1v) is 7.95. The number of aromatic amines is 1. The number of benzene rings is 1. The van der Waals surface area contributed by atoms with Crippen molar-refractivity contribution >= 4 is 40.8 Å². The minimum Gasteiger partial charge on any atom is -0.361 e. The fourth-order valence-electron chi connectivity index (χ4n) is 2.50. The zero-order chi connectivity index (χ0) is 16.7. The van der Waals surface area contributed by atoms with Crippen molar-refractivity contribution in [3.63, 3.8) is 0 Å². The van der Waals surface area contributed by atoms with E-state index in [9.17, 15) is 4.39 Å². The average Bonchev–Trinajstić information content (AvgIpc) is 2.91. The van der Waals surface area contributed by atoms with Gasteiger partial charge in [0.05, 0.1) is 0 Å². The van der Waals surface area contributed by atoms with Gasteiger partial charge >= 0.3 is 0 Å². The van der Waals surface area contributed by atoms with E-state index >= 15 is 0 Å². The molecule has 0 saturated heterocycles. The van der Waals surface area contributed by atoms with Gasteiger partial charge in [-0.2, -0.15) is 0 Å². The molecule has 3 N–H and O–H groups in total. The summed E-state index contributed by atoms with van der Waals surface area (Å²) in [5, 5.41) is 7.53. The number of hydrogen-bond donors (Lipinski definition) is 3. The number of fused-ring (bicyclic) bond motifs is 1. The number of rotatable bonds is 7. The molecule has 134 valence electrons. The lowest BCUT2D eigenvalue weighted by molar-refractivity contribution is 0.399. The van der Waals surface area contributed by atoms with E-state index in [2.05, 4.69) is 39.6 Å². The van der Waals surface area contributed by atoms with Crippen LogP contribution in [0.15, 0.2) is 29.4 Å². The van der Waals surface area contributed by atoms with Crippen LogP contribution in [0.1, 0.15) is 12.0 Å². The third kappa shape index (κ3) is 6.27. The highest BCUT2D eigenvalue weighted by Crippen LogP contribution is 2.19. The van der Waals surface area contributed by atoms with Crippen molar-refractivity contribution in [1.29, 1.82) is 0 Å². The van der Waals surface area contributed by atoms with Crippen LogP contribution in [0.2, 0.25) is 0 Å². The van der Waals surface area contributed by atoms with E-state index < -0.39 is 0 Å². The van der Waals surface area contributed by atoms with Gasteiger partial charge in [0, 0.05) is 37.2 Å². The Hall–Kier alpha value is -1.35. The molecule has 0 atom stereocenters. The van der Waals surface area contributed by atoms with Crippen LogP contribution in [0, 0.1) is 5.82 Å². The molecule has 24 heavy (non-hydrogen) atoms. The highest BCUT2D eigenvalue weighted by Gasteiger charge is 2.05. The second kappa shape index (κ2) is 10.5. The van der Waals surface area contributed by atoms with Crippen molar-refractivity contribution in [1.82, 2.24) is 20.5 Å². The molecular formula is C17H27FIN5. The lowest BCUT2D eigenvalue weighted by Crippen LogP contribution is -2.39. The van der Waals surface area contributed by atoms with Gasteiger partial charge in [0.15, 0.2) is 5.96 Å². The Balaban J connectivity index is 0.00000288. The van der Waals surface area contributed by atoms with Crippen LogP contribution in [0.4, 0.5) is 4.39 Å². The number of H-pyrrole nitrogens is 1. The van der Waals surface area contributed by atoms with E-state index in [0.717, 1.165) is 54.9 Å². The van der Waals surface area contributed by atoms with Crippen molar-refractivity contribution in [3.8, 4) is 0 Å². The van der Waals surface area contributed by atoms with E-state index in [4.69, 9.17) is 0 Å². The lowest BCUT2D eigenvalue weighted by atomic mass is 10.1. The van der Waals surface area contributed by atoms with Gasteiger partial charge in [-0.3, -0.25) is 4.99 Å². The quantitative estimate of drug-likeness (QED) is 0.265. The van der Waals surface area contributed by atoms with Crippen LogP contribution in [0.5, 0.6) is 0 Å². The highest BCUT2D eigenvalue weighted by molar-refractivity contribution is 14.0. The largest absolute Gasteiger partial charge is 0.361 e. The van der Waals surface area contributed by atoms with Crippen molar-refractivity contribution in [2.45, 2.75) is 12.8 Å². The molecule has 1 aromatic heterocycles. The minimum absolute atomic E-state index is 0. The topological polar surface area (TPSA) is 55.5 Å². The van der Waals surface area contributed by atoms with Crippen molar-refractivity contribution in [2.75, 3.05) is 40.8 Å². The standard InChI is InChI=1S/C17H26FN5.HI/c1-19-17(20-8-4-10-23(2)3)21-9-7-13-12-22-16-6-5-14(18)11-15(13)16;/h5-6,11-12,22H,4,7-10H2,1-3H3,(H2,19,20,21);1H. The summed E-state index contributed by atoms with van der Waals surface area (Å²) < 4.78 is 13.4. The number of hydrogen-bond acceptors (Lipinski definition) is 2. The van der Waals surface area contributed by atoms with Crippen molar-refractivity contribution in [3.05, 3.63) is 35.8 Å². The van der Waals surface area contributed by atoms with Gasteiger partial charge in [0.2, 0.25) is 0 Å². The molecular weight excluding hydrogens is 420 g/mol. The predicted octanol–water partition coefficient (Wildman–Crippen LogP) is 2.58. The Morgan fingerprint density at radius 3 is 2.71 bits per heavy atom. The normalized spacial score (nSPS) is 11.6. The monoisotopic (exact) mass is 447 g/mol. The zero-order valence-corrected chi connectivity index (χ0v) is 16.9. The van der Waals surface area contributed by atoms with Gasteiger partial charge in [0.1, 0.15) is 5.82 Å². The van der Waals surface area contributed by atoms with Gasteiger partial charge in [0.25, 0.3) is 0 Å². The van der Waals surface area contributed by atoms with E-state index in [0.29, 0.717) is 0 Å². The van der Waals surface area contributed by atoms with Gasteiger partial charge in [-0.25, -0.2) is 4.39 Å². The second-order valence-corrected chi connectivity index (χ2v) is 5.84. The van der Waals surface area contributed by atoms with Crippen molar-refractivity contribution in [2.24, 2.45) is 4.99 Å². The summed E-state index contributed by atoms with van der Waals surface area (Å²) >= 11 is 0. The summed E-state index contributed by atoms with van der Waals surface area (Å²) in [4.78, 5) is 9.55. The molecule has 0 amide bonds. The molecule has 0 saturated carbocycles. The maximum absolute atomic E-state index is 13.4. The molecule has 0 unspecified atom stereocenters. The van der Waals surface area contributed by atoms with Gasteiger partial charge < -0.3 is 20.5 Å². The molecule has 2 rings (SSSR count). The molecule has 2 aromatic rings. The highest BCUT2D eigenvalue weighted by atomic mass is 127. The first-order valence-electron chi connectivity index (χ1n) is 7.95. The summed E-state index contributed by atoms with van der Waals surface area (Å²) in [6.45, 7) is 2.68. The average molecular weight is 447 g/mol. The van der Waals surface area contributed by atoms with Gasteiger partial charge in [-0.05, 0) is 57.2 Å². The van der Waals surface area contributed by atoms with Gasteiger partial charge in [-0.1, -0.05) is 0 Å². The summed E-state index contributed by atoms with van der Waals surface area (Å²) in [6.07, 6.45) is 3.82. The molecule has 0 fully saturated rings. The first kappa shape index (κ1) is 20.7. The molecule has 0 aliphatic heterocycles. The molecule has 5 nitrogen and oxygen atoms in total. The number of guanidine groups is 1. The Kier molecular flexibility index (Phi) is 9.05. The Morgan fingerprint density at radius 1 is 1.25 bits per heavy atom. The molecule has 0 aliphatic rings. The van der Waals surface area contributed by atoms with Crippen LogP contribution in [-0.4, -0.2) is 56.6 Å². The maximum atomic E-state index is 13.4. The van der Waals surface area contributed by atoms with Crippen molar-refractivity contribution < 1.29 is 4.39 Å². The third-order valence-electron chi connectivity index (χ3n) is 3.71. The molecule has 1 heterocycles. The van der Waals surface area contributed by atoms with Crippen LogP contribution < -0.4 is 10.6 Å². The Labute approximate surface area is 160 Å². The molecule has 0 radical (unpaired) electrons. The predicted molar refractivity (Wildman–Crippen MR) is 110 cm³/mol. The van der Waals surface area contributed by atoms with E-state index in [1.54, 1.807) is 19.2 Å². The molecule has 0 bridgehead atoms. The zero-order valence-electron chi connectivity index (χ0n) is 14.5. The summed E-state index contributed by atoms with van der Waals surface area (Å²) in [5.41, 5.74) is 2.07. The SMILES string of the molecule is CN=C(NCCCN(C)C)NCCc1c[nH]c2ccc(F)cc12.I. The van der Waals surface area contributed by atoms with Crippen LogP contribution in [0.3, 0.4) is 0 Å². The number of nitrogens with zero attached hydrogens (tertiary/aromatic N) is 2. The number of aliphatic imine (C=N–C) groups is 1. The third-order valence-corrected chi connectivity index (χ3v) is 3.71. The Bertz CT molecular complexity index is 653. The van der Waals surface area contributed by atoms with E-state index in [-0.39, 0.29) is 29.8 Å². The first-order chi connectivity index (χ1) is 11.1. The molecule has 0 aliphatic carbocycles. The number of nitrogens with one attached hydrogen (secondary N) is 3. The minimum atomic E-state index is -0.204. The van der Waals surface area contributed by atoms with E-state index in [1.807, 2.05) is 6.20 Å². The van der Waals surface area contributed by atoms with Crippen LogP contribution in [-0.2, 0) is 6.42 Å². The summed E-state index contributed by atoms with van der Waals surface area (Å²) in [6, 6.07) is 4.82. The molecule has 7 heteroatoms. The van der Waals surface area contributed by atoms with Gasteiger partial charge in [-0.15, -0.1) is 24.0 Å². The second-order valence-electron chi connectivity index (χ2n) is 5.84. The van der Waals surface area contributed by atoms with Crippen LogP contribution in [0.25, 0.3) is 10.9 Å². The smallest absolute Gasteiger partial charge is 0.190 e. The number of aromatic nitrogens is 1. The Morgan fingerprint density at radius 2 is 2.00 bits per heavy atom. The summed E-state index contributed by atoms with van der Waals surface area (Å²) in [5.74, 6) is 0.597. The molecule has 1 aromatic carbocycles. The number of halogens is 2. The van der Waals surface area contributed by atoms with Crippen LogP contribution >= 0.6 is 24.0 Å². The molecule has 0 spiro atoms. The fraction of sp³-hybridized carbons (Fsp3) is 0.471. The maximum Gasteiger partial charge on any atom is 0.190 e. The summed E-state index contributed by atoms with van der Waals surface area (Å²) in [7, 11) is 5.90.